The van der Waals surface area contributed by atoms with E-state index in [4.69, 9.17) is 14.0 Å². The summed E-state index contributed by atoms with van der Waals surface area (Å²) in [6.45, 7) is 10.8. The van der Waals surface area contributed by atoms with Crippen molar-refractivity contribution in [3.63, 3.8) is 0 Å². The number of fused-ring (bicyclic) bond motifs is 1. The zero-order valence-electron chi connectivity index (χ0n) is 21.7. The molecule has 188 valence electrons. The third-order valence-electron chi connectivity index (χ3n) is 6.33. The van der Waals surface area contributed by atoms with Gasteiger partial charge in [0.25, 0.3) is 0 Å². The minimum atomic E-state index is -0.443. The van der Waals surface area contributed by atoms with Crippen LogP contribution in [0.5, 0.6) is 0 Å². The van der Waals surface area contributed by atoms with Gasteiger partial charge in [0.1, 0.15) is 5.60 Å². The lowest BCUT2D eigenvalue weighted by Gasteiger charge is -2.33. The number of nitrogens with one attached hydrogen (secondary N) is 1. The number of likely N-dealkylation sites (tertiary alicyclic amines) is 1. The molecule has 3 heterocycles. The van der Waals surface area contributed by atoms with Gasteiger partial charge in [-0.05, 0) is 97.0 Å². The van der Waals surface area contributed by atoms with Gasteiger partial charge >= 0.3 is 6.09 Å². The molecule has 4 rings (SSSR count). The molecule has 7 nitrogen and oxygen atoms in total. The summed E-state index contributed by atoms with van der Waals surface area (Å²) < 4.78 is 16.7. The van der Waals surface area contributed by atoms with Crippen LogP contribution in [0.1, 0.15) is 63.3 Å². The molecule has 1 fully saturated rings. The number of carbonyl (C=O) groups is 1. The monoisotopic (exact) mass is 471 g/mol. The highest BCUT2D eigenvalue weighted by Crippen LogP contribution is 2.32. The van der Waals surface area contributed by atoms with Gasteiger partial charge in [0.15, 0.2) is 5.58 Å². The second-order valence-electron chi connectivity index (χ2n) is 10.2. The normalized spacial score (nSPS) is 17.2. The van der Waals surface area contributed by atoms with Crippen LogP contribution < -0.4 is 5.32 Å². The van der Waals surface area contributed by atoms with Crippen LogP contribution >= 0.6 is 0 Å². The summed E-state index contributed by atoms with van der Waals surface area (Å²) in [7, 11) is 3.75. The average Bonchev–Trinajstić information content (AvgIpc) is 3.22. The Morgan fingerprint density at radius 3 is 2.56 bits per heavy atom. The fourth-order valence-electron chi connectivity index (χ4n) is 4.56. The molecule has 0 aliphatic carbocycles. The number of ether oxygens (including phenoxy) is 2. The summed E-state index contributed by atoms with van der Waals surface area (Å²) in [5.41, 5.74) is 5.24. The molecule has 0 spiro atoms. The zero-order valence-corrected chi connectivity index (χ0v) is 21.7. The van der Waals surface area contributed by atoms with Crippen molar-refractivity contribution < 1.29 is 18.8 Å². The molecule has 0 saturated carbocycles. The highest BCUT2D eigenvalue weighted by Gasteiger charge is 2.27. The molecule has 0 radical (unpaired) electrons. The summed E-state index contributed by atoms with van der Waals surface area (Å²) in [4.78, 5) is 14.1. The van der Waals surface area contributed by atoms with Crippen LogP contribution in [0.15, 0.2) is 22.7 Å². The molecular weight excluding hydrogens is 430 g/mol. The fraction of sp³-hybridized carbons (Fsp3) is 0.630. The Bertz CT molecular complexity index is 982. The van der Waals surface area contributed by atoms with Crippen LogP contribution in [0.3, 0.4) is 0 Å². The van der Waals surface area contributed by atoms with E-state index in [2.05, 4.69) is 35.6 Å². The van der Waals surface area contributed by atoms with E-state index in [-0.39, 0.29) is 6.09 Å². The third kappa shape index (κ3) is 6.83. The lowest BCUT2D eigenvalue weighted by Crippen LogP contribution is -2.41. The molecule has 7 heteroatoms. The van der Waals surface area contributed by atoms with Crippen molar-refractivity contribution in [2.24, 2.45) is 5.92 Å². The van der Waals surface area contributed by atoms with Crippen LogP contribution in [-0.4, -0.2) is 62.1 Å². The number of aromatic nitrogens is 1. The van der Waals surface area contributed by atoms with Crippen molar-refractivity contribution in [1.82, 2.24) is 15.4 Å². The molecular formula is C27H41N3O4. The van der Waals surface area contributed by atoms with E-state index in [1.807, 2.05) is 39.8 Å². The van der Waals surface area contributed by atoms with Gasteiger partial charge in [0.2, 0.25) is 0 Å². The Balaban J connectivity index is 0.00000103. The first-order valence-corrected chi connectivity index (χ1v) is 12.4. The number of carbonyl (C=O) groups excluding carboxylic acids is 1. The van der Waals surface area contributed by atoms with Crippen LogP contribution in [0.4, 0.5) is 4.79 Å². The van der Waals surface area contributed by atoms with E-state index in [0.717, 1.165) is 74.0 Å². The number of piperidine rings is 1. The lowest BCUT2D eigenvalue weighted by atomic mass is 9.90. The molecule has 34 heavy (non-hydrogen) atoms. The van der Waals surface area contributed by atoms with Crippen molar-refractivity contribution in [2.75, 3.05) is 40.4 Å². The predicted molar refractivity (Wildman–Crippen MR) is 136 cm³/mol. The maximum Gasteiger partial charge on any atom is 0.410 e. The second kappa shape index (κ2) is 11.8. The van der Waals surface area contributed by atoms with Gasteiger partial charge in [0.05, 0.1) is 18.9 Å². The zero-order chi connectivity index (χ0) is 24.7. The predicted octanol–water partition coefficient (Wildman–Crippen LogP) is 5.36. The second-order valence-corrected chi connectivity index (χ2v) is 10.2. The molecule has 1 aromatic carbocycles. The molecule has 2 aliphatic rings. The number of hydrogen-bond acceptors (Lipinski definition) is 6. The number of aryl methyl sites for hydroxylation is 2. The van der Waals surface area contributed by atoms with E-state index >= 15 is 0 Å². The van der Waals surface area contributed by atoms with Crippen molar-refractivity contribution >= 4 is 22.6 Å². The number of amides is 1. The molecule has 1 saturated heterocycles. The average molecular weight is 472 g/mol. The standard InChI is InChI=1S/C25H34N2O4.C2H7N/c1-17-20(19-11-15-29-16-12-19)6-7-21-22(26-31-23(17)21)8-5-18-9-13-27(14-10-18)24(28)30-25(2,3)4;1-3-2/h6-7,11,18H,5,8-10,12-16H2,1-4H3;3H,1-2H3. The molecule has 0 atom stereocenters. The van der Waals surface area contributed by atoms with Gasteiger partial charge in [-0.2, -0.15) is 0 Å². The third-order valence-corrected chi connectivity index (χ3v) is 6.33. The largest absolute Gasteiger partial charge is 0.444 e. The van der Waals surface area contributed by atoms with Gasteiger partial charge < -0.3 is 24.2 Å². The summed E-state index contributed by atoms with van der Waals surface area (Å²) in [6, 6.07) is 4.36. The van der Waals surface area contributed by atoms with E-state index in [1.54, 1.807) is 0 Å². The minimum absolute atomic E-state index is 0.195. The van der Waals surface area contributed by atoms with Crippen molar-refractivity contribution in [2.45, 2.75) is 65.4 Å². The van der Waals surface area contributed by atoms with Crippen molar-refractivity contribution in [3.8, 4) is 0 Å². The Morgan fingerprint density at radius 1 is 1.24 bits per heavy atom. The quantitative estimate of drug-likeness (QED) is 0.647. The molecule has 2 aliphatic heterocycles. The highest BCUT2D eigenvalue weighted by molar-refractivity contribution is 5.87. The minimum Gasteiger partial charge on any atom is -0.444 e. The molecule has 0 bridgehead atoms. The Labute approximate surface area is 203 Å². The molecule has 1 N–H and O–H groups in total. The van der Waals surface area contributed by atoms with E-state index < -0.39 is 5.60 Å². The maximum absolute atomic E-state index is 12.3. The summed E-state index contributed by atoms with van der Waals surface area (Å²) in [6.07, 6.45) is 6.89. The first kappa shape index (κ1) is 26.2. The Kier molecular flexibility index (Phi) is 9.14. The topological polar surface area (TPSA) is 76.8 Å². The number of hydrogen-bond donors (Lipinski definition) is 1. The van der Waals surface area contributed by atoms with Gasteiger partial charge in [-0.25, -0.2) is 4.79 Å². The molecule has 1 aromatic heterocycles. The van der Waals surface area contributed by atoms with Crippen LogP contribution in [0.25, 0.3) is 16.5 Å². The molecule has 2 aromatic rings. The van der Waals surface area contributed by atoms with Crippen LogP contribution in [0, 0.1) is 12.8 Å². The van der Waals surface area contributed by atoms with Gasteiger partial charge in [-0.1, -0.05) is 17.3 Å². The molecule has 1 amide bonds. The van der Waals surface area contributed by atoms with Crippen molar-refractivity contribution in [3.05, 3.63) is 35.0 Å². The van der Waals surface area contributed by atoms with Gasteiger partial charge in [-0.15, -0.1) is 0 Å². The number of benzene rings is 1. The maximum atomic E-state index is 12.3. The van der Waals surface area contributed by atoms with Crippen LogP contribution in [0.2, 0.25) is 0 Å². The number of rotatable bonds is 4. The fourth-order valence-corrected chi connectivity index (χ4v) is 4.56. The molecule has 0 unspecified atom stereocenters. The van der Waals surface area contributed by atoms with E-state index in [9.17, 15) is 4.79 Å². The summed E-state index contributed by atoms with van der Waals surface area (Å²) >= 11 is 0. The first-order chi connectivity index (χ1) is 16.2. The van der Waals surface area contributed by atoms with E-state index in [1.165, 1.54) is 11.1 Å². The van der Waals surface area contributed by atoms with E-state index in [0.29, 0.717) is 12.5 Å². The van der Waals surface area contributed by atoms with Gasteiger partial charge in [0, 0.05) is 24.0 Å². The SMILES string of the molecule is CNC.Cc1c(C2=CCOCC2)ccc2c(CCC3CCN(C(=O)OC(C)(C)C)CC3)noc12. The van der Waals surface area contributed by atoms with Crippen molar-refractivity contribution in [1.29, 1.82) is 0 Å². The smallest absolute Gasteiger partial charge is 0.410 e. The first-order valence-electron chi connectivity index (χ1n) is 12.4. The number of nitrogens with zero attached hydrogens (tertiary/aromatic N) is 2. The highest BCUT2D eigenvalue weighted by atomic mass is 16.6. The Morgan fingerprint density at radius 2 is 1.94 bits per heavy atom. The van der Waals surface area contributed by atoms with Gasteiger partial charge in [-0.3, -0.25) is 0 Å². The summed E-state index contributed by atoms with van der Waals surface area (Å²) in [5.74, 6) is 0.596. The Hall–Kier alpha value is -2.38. The van der Waals surface area contributed by atoms with Crippen LogP contribution in [-0.2, 0) is 15.9 Å². The summed E-state index contributed by atoms with van der Waals surface area (Å²) in [5, 5.41) is 8.28. The lowest BCUT2D eigenvalue weighted by molar-refractivity contribution is 0.0181.